The predicted octanol–water partition coefficient (Wildman–Crippen LogP) is 4.39. The second-order valence-corrected chi connectivity index (χ2v) is 5.64. The van der Waals surface area contributed by atoms with Crippen LogP contribution in [0.2, 0.25) is 0 Å². The molecule has 0 radical (unpaired) electrons. The summed E-state index contributed by atoms with van der Waals surface area (Å²) in [6.45, 7) is 0. The Labute approximate surface area is 143 Å². The van der Waals surface area contributed by atoms with Crippen LogP contribution in [0, 0.1) is 5.82 Å². The predicted molar refractivity (Wildman–Crippen MR) is 95.0 cm³/mol. The van der Waals surface area contributed by atoms with E-state index in [1.165, 1.54) is 12.1 Å². The first-order chi connectivity index (χ1) is 12.2. The normalized spacial score (nSPS) is 10.8. The van der Waals surface area contributed by atoms with Crippen LogP contribution in [-0.2, 0) is 0 Å². The lowest BCUT2D eigenvalue weighted by molar-refractivity contribution is 0.102. The minimum absolute atomic E-state index is 0.276. The highest BCUT2D eigenvalue weighted by Crippen LogP contribution is 2.21. The van der Waals surface area contributed by atoms with E-state index in [0.29, 0.717) is 17.0 Å². The first kappa shape index (κ1) is 15.1. The molecule has 0 unspecified atom stereocenters. The van der Waals surface area contributed by atoms with Crippen LogP contribution in [0.3, 0.4) is 0 Å². The van der Waals surface area contributed by atoms with Gasteiger partial charge in [0.2, 0.25) is 0 Å². The van der Waals surface area contributed by atoms with Crippen LogP contribution in [0.1, 0.15) is 10.5 Å². The average Bonchev–Trinajstić information content (AvgIpc) is 3.06. The Morgan fingerprint density at radius 1 is 0.920 bits per heavy atom. The number of nitrogens with zero attached hydrogens (tertiary/aromatic N) is 2. The van der Waals surface area contributed by atoms with E-state index in [1.54, 1.807) is 22.7 Å². The molecule has 0 aliphatic carbocycles. The molecule has 122 valence electrons. The number of pyridine rings is 1. The molecule has 0 fully saturated rings. The van der Waals surface area contributed by atoms with Crippen LogP contribution < -0.4 is 5.32 Å². The third-order valence-electron chi connectivity index (χ3n) is 3.87. The summed E-state index contributed by atoms with van der Waals surface area (Å²) in [5.41, 5.74) is 3.30. The van der Waals surface area contributed by atoms with Crippen molar-refractivity contribution >= 4 is 17.2 Å². The zero-order valence-corrected chi connectivity index (χ0v) is 13.2. The summed E-state index contributed by atoms with van der Waals surface area (Å²) >= 11 is 0. The molecular weight excluding hydrogens is 317 g/mol. The fraction of sp³-hybridized carbons (Fsp3) is 0. The topological polar surface area (TPSA) is 46.4 Å². The Morgan fingerprint density at radius 3 is 2.56 bits per heavy atom. The lowest BCUT2D eigenvalue weighted by Crippen LogP contribution is -2.11. The van der Waals surface area contributed by atoms with Gasteiger partial charge in [0.1, 0.15) is 17.2 Å². The van der Waals surface area contributed by atoms with Crippen LogP contribution >= 0.6 is 0 Å². The molecule has 2 aromatic heterocycles. The quantitative estimate of drug-likeness (QED) is 0.605. The molecule has 1 amide bonds. The molecule has 0 aliphatic rings. The number of benzene rings is 2. The Kier molecular flexibility index (Phi) is 3.74. The maximum absolute atomic E-state index is 13.4. The third kappa shape index (κ3) is 3.12. The number of nitrogens with one attached hydrogen (secondary N) is 1. The SMILES string of the molecule is O=C(Nc1ccccc1)c1cn2cc(-c3cccc(F)c3)ccc2n1. The van der Waals surface area contributed by atoms with E-state index in [9.17, 15) is 9.18 Å². The van der Waals surface area contributed by atoms with Crippen LogP contribution in [0.25, 0.3) is 16.8 Å². The number of hydrogen-bond acceptors (Lipinski definition) is 2. The van der Waals surface area contributed by atoms with E-state index in [-0.39, 0.29) is 11.7 Å². The smallest absolute Gasteiger partial charge is 0.275 e. The van der Waals surface area contributed by atoms with Gasteiger partial charge in [-0.05, 0) is 47.5 Å². The van der Waals surface area contributed by atoms with Gasteiger partial charge in [-0.15, -0.1) is 0 Å². The fourth-order valence-electron chi connectivity index (χ4n) is 2.66. The molecule has 0 spiro atoms. The molecule has 0 saturated heterocycles. The van der Waals surface area contributed by atoms with Crippen molar-refractivity contribution in [2.24, 2.45) is 0 Å². The standard InChI is InChI=1S/C20H14FN3O/c21-16-6-4-5-14(11-16)15-9-10-19-23-18(13-24(19)12-15)20(25)22-17-7-2-1-3-8-17/h1-13H,(H,22,25). The molecule has 0 atom stereocenters. The zero-order chi connectivity index (χ0) is 17.2. The first-order valence-corrected chi connectivity index (χ1v) is 7.80. The number of hydrogen-bond donors (Lipinski definition) is 1. The van der Waals surface area contributed by atoms with Gasteiger partial charge >= 0.3 is 0 Å². The first-order valence-electron chi connectivity index (χ1n) is 7.80. The van der Waals surface area contributed by atoms with E-state index in [4.69, 9.17) is 0 Å². The number of anilines is 1. The van der Waals surface area contributed by atoms with Crippen molar-refractivity contribution in [1.29, 1.82) is 0 Å². The van der Waals surface area contributed by atoms with Gasteiger partial charge in [0.05, 0.1) is 0 Å². The van der Waals surface area contributed by atoms with Crippen molar-refractivity contribution in [3.8, 4) is 11.1 Å². The van der Waals surface area contributed by atoms with Gasteiger partial charge in [-0.1, -0.05) is 30.3 Å². The largest absolute Gasteiger partial charge is 0.321 e. The van der Waals surface area contributed by atoms with Crippen LogP contribution in [0.5, 0.6) is 0 Å². The second kappa shape index (κ2) is 6.20. The molecule has 0 saturated carbocycles. The van der Waals surface area contributed by atoms with Gasteiger partial charge in [-0.2, -0.15) is 0 Å². The van der Waals surface area contributed by atoms with Crippen molar-refractivity contribution < 1.29 is 9.18 Å². The highest BCUT2D eigenvalue weighted by Gasteiger charge is 2.11. The van der Waals surface area contributed by atoms with Gasteiger partial charge in [-0.3, -0.25) is 4.79 Å². The lowest BCUT2D eigenvalue weighted by Gasteiger charge is -2.02. The molecule has 2 heterocycles. The highest BCUT2D eigenvalue weighted by molar-refractivity contribution is 6.03. The zero-order valence-electron chi connectivity index (χ0n) is 13.2. The number of rotatable bonds is 3. The Morgan fingerprint density at radius 2 is 1.76 bits per heavy atom. The number of para-hydroxylation sites is 1. The summed E-state index contributed by atoms with van der Waals surface area (Å²) in [5.74, 6) is -0.562. The van der Waals surface area contributed by atoms with Crippen molar-refractivity contribution in [3.63, 3.8) is 0 Å². The summed E-state index contributed by atoms with van der Waals surface area (Å²) in [6.07, 6.45) is 3.49. The Bertz CT molecular complexity index is 1060. The van der Waals surface area contributed by atoms with Crippen LogP contribution in [-0.4, -0.2) is 15.3 Å². The summed E-state index contributed by atoms with van der Waals surface area (Å²) < 4.78 is 15.2. The minimum Gasteiger partial charge on any atom is -0.321 e. The minimum atomic E-state index is -0.286. The monoisotopic (exact) mass is 331 g/mol. The summed E-state index contributed by atoms with van der Waals surface area (Å²) in [5, 5.41) is 2.81. The number of amides is 1. The second-order valence-electron chi connectivity index (χ2n) is 5.64. The summed E-state index contributed by atoms with van der Waals surface area (Å²) in [7, 11) is 0. The van der Waals surface area contributed by atoms with Crippen molar-refractivity contribution in [1.82, 2.24) is 9.38 Å². The number of halogens is 1. The van der Waals surface area contributed by atoms with E-state index < -0.39 is 0 Å². The molecule has 4 rings (SSSR count). The maximum atomic E-state index is 13.4. The number of carbonyl (C=O) groups is 1. The molecule has 1 N–H and O–H groups in total. The highest BCUT2D eigenvalue weighted by atomic mass is 19.1. The maximum Gasteiger partial charge on any atom is 0.275 e. The van der Waals surface area contributed by atoms with E-state index in [2.05, 4.69) is 10.3 Å². The molecule has 2 aromatic carbocycles. The lowest BCUT2D eigenvalue weighted by atomic mass is 10.1. The van der Waals surface area contributed by atoms with Gasteiger partial charge < -0.3 is 9.72 Å². The average molecular weight is 331 g/mol. The molecule has 4 nitrogen and oxygen atoms in total. The van der Waals surface area contributed by atoms with Gasteiger partial charge in [0, 0.05) is 18.1 Å². The van der Waals surface area contributed by atoms with Gasteiger partial charge in [0.25, 0.3) is 5.91 Å². The molecule has 4 aromatic rings. The summed E-state index contributed by atoms with van der Waals surface area (Å²) in [4.78, 5) is 16.7. The number of imidazole rings is 1. The molecule has 0 bridgehead atoms. The number of aromatic nitrogens is 2. The number of carbonyl (C=O) groups excluding carboxylic acids is 1. The fourth-order valence-corrected chi connectivity index (χ4v) is 2.66. The summed E-state index contributed by atoms with van der Waals surface area (Å²) in [6, 6.07) is 19.3. The Balaban J connectivity index is 1.65. The Hall–Kier alpha value is -3.47. The van der Waals surface area contributed by atoms with E-state index in [0.717, 1.165) is 11.1 Å². The molecular formula is C20H14FN3O. The molecule has 25 heavy (non-hydrogen) atoms. The molecule has 5 heteroatoms. The third-order valence-corrected chi connectivity index (χ3v) is 3.87. The van der Waals surface area contributed by atoms with Gasteiger partial charge in [-0.25, -0.2) is 9.37 Å². The van der Waals surface area contributed by atoms with Crippen molar-refractivity contribution in [2.75, 3.05) is 5.32 Å². The van der Waals surface area contributed by atoms with Crippen LogP contribution in [0.4, 0.5) is 10.1 Å². The van der Waals surface area contributed by atoms with Crippen LogP contribution in [0.15, 0.2) is 79.1 Å². The van der Waals surface area contributed by atoms with E-state index in [1.807, 2.05) is 48.7 Å². The van der Waals surface area contributed by atoms with Gasteiger partial charge in [0.15, 0.2) is 0 Å². The number of fused-ring (bicyclic) bond motifs is 1. The van der Waals surface area contributed by atoms with Crippen molar-refractivity contribution in [2.45, 2.75) is 0 Å². The van der Waals surface area contributed by atoms with E-state index >= 15 is 0 Å². The van der Waals surface area contributed by atoms with Crippen molar-refractivity contribution in [3.05, 3.63) is 90.6 Å². The molecule has 0 aliphatic heterocycles.